The number of unbranched alkanes of at least 4 members (excludes halogenated alkanes) is 3. The minimum absolute atomic E-state index is 0.0914. The van der Waals surface area contributed by atoms with Gasteiger partial charge in [0.1, 0.15) is 6.33 Å². The zero-order chi connectivity index (χ0) is 15.6. The van der Waals surface area contributed by atoms with E-state index < -0.39 is 0 Å². The maximum absolute atomic E-state index is 11.2. The molecule has 1 heterocycles. The van der Waals surface area contributed by atoms with Crippen LogP contribution in [0.5, 0.6) is 0 Å². The van der Waals surface area contributed by atoms with E-state index in [0.717, 1.165) is 43.6 Å². The molecule has 22 heavy (non-hydrogen) atoms. The molecule has 0 unspecified atom stereocenters. The summed E-state index contributed by atoms with van der Waals surface area (Å²) in [5.74, 6) is 0.675. The monoisotopic (exact) mass is 301 g/mol. The molecule has 1 aromatic carbocycles. The summed E-state index contributed by atoms with van der Waals surface area (Å²) in [5, 5.41) is 4.48. The molecule has 5 heteroatoms. The Morgan fingerprint density at radius 3 is 2.68 bits per heavy atom. The van der Waals surface area contributed by atoms with E-state index in [0.29, 0.717) is 13.0 Å². The molecule has 0 N–H and O–H groups in total. The van der Waals surface area contributed by atoms with E-state index in [1.54, 1.807) is 6.33 Å². The third kappa shape index (κ3) is 5.31. The van der Waals surface area contributed by atoms with Crippen LogP contribution in [0, 0.1) is 0 Å². The lowest BCUT2D eigenvalue weighted by Gasteiger charge is -2.02. The van der Waals surface area contributed by atoms with Crippen LogP contribution in [-0.4, -0.2) is 27.3 Å². The second-order valence-electron chi connectivity index (χ2n) is 5.17. The molecule has 0 aliphatic carbocycles. The molecule has 0 aliphatic heterocycles. The van der Waals surface area contributed by atoms with Gasteiger partial charge >= 0.3 is 5.97 Å². The fourth-order valence-electron chi connectivity index (χ4n) is 2.25. The van der Waals surface area contributed by atoms with Gasteiger partial charge in [-0.15, -0.1) is 0 Å². The zero-order valence-electron chi connectivity index (χ0n) is 13.1. The number of esters is 1. The van der Waals surface area contributed by atoms with Crippen molar-refractivity contribution in [3.05, 3.63) is 36.7 Å². The number of carbonyl (C=O) groups excluding carboxylic acids is 1. The van der Waals surface area contributed by atoms with Crippen molar-refractivity contribution < 1.29 is 9.53 Å². The fourth-order valence-corrected chi connectivity index (χ4v) is 2.25. The largest absolute Gasteiger partial charge is 0.466 e. The highest BCUT2D eigenvalue weighted by molar-refractivity contribution is 5.69. The number of carbonyl (C=O) groups is 1. The van der Waals surface area contributed by atoms with E-state index >= 15 is 0 Å². The van der Waals surface area contributed by atoms with E-state index in [1.807, 2.05) is 41.9 Å². The summed E-state index contributed by atoms with van der Waals surface area (Å²) in [6, 6.07) is 9.97. The third-order valence-corrected chi connectivity index (χ3v) is 3.39. The molecule has 0 bridgehead atoms. The van der Waals surface area contributed by atoms with Crippen LogP contribution in [0.2, 0.25) is 0 Å². The van der Waals surface area contributed by atoms with Gasteiger partial charge < -0.3 is 4.74 Å². The summed E-state index contributed by atoms with van der Waals surface area (Å²) in [6.07, 6.45) is 6.36. The van der Waals surface area contributed by atoms with Gasteiger partial charge in [-0.25, -0.2) is 4.98 Å². The van der Waals surface area contributed by atoms with Crippen molar-refractivity contribution >= 4 is 5.97 Å². The molecule has 5 nitrogen and oxygen atoms in total. The van der Waals surface area contributed by atoms with E-state index in [1.165, 1.54) is 0 Å². The molecule has 1 aromatic heterocycles. The number of aromatic nitrogens is 3. The van der Waals surface area contributed by atoms with Crippen LogP contribution in [0.3, 0.4) is 0 Å². The van der Waals surface area contributed by atoms with Gasteiger partial charge in [-0.1, -0.05) is 43.2 Å². The Hall–Kier alpha value is -2.17. The van der Waals surface area contributed by atoms with Gasteiger partial charge in [-0.05, 0) is 19.8 Å². The van der Waals surface area contributed by atoms with E-state index in [2.05, 4.69) is 10.1 Å². The average Bonchev–Trinajstić information content (AvgIpc) is 3.01. The Kier molecular flexibility index (Phi) is 6.61. The van der Waals surface area contributed by atoms with Crippen LogP contribution in [-0.2, 0) is 16.1 Å². The number of hydrogen-bond acceptors (Lipinski definition) is 4. The number of nitrogens with zero attached hydrogens (tertiary/aromatic N) is 3. The number of aryl methyl sites for hydroxylation is 1. The topological polar surface area (TPSA) is 57.0 Å². The number of ether oxygens (including phenoxy) is 1. The minimum atomic E-state index is -0.0914. The van der Waals surface area contributed by atoms with Crippen molar-refractivity contribution in [2.45, 2.75) is 45.6 Å². The molecular weight excluding hydrogens is 278 g/mol. The van der Waals surface area contributed by atoms with E-state index in [-0.39, 0.29) is 5.97 Å². The van der Waals surface area contributed by atoms with Crippen LogP contribution in [0.15, 0.2) is 36.7 Å². The highest BCUT2D eigenvalue weighted by atomic mass is 16.5. The van der Waals surface area contributed by atoms with Gasteiger partial charge in [-0.3, -0.25) is 9.48 Å². The van der Waals surface area contributed by atoms with Gasteiger partial charge in [0.25, 0.3) is 0 Å². The lowest BCUT2D eigenvalue weighted by atomic mass is 10.1. The molecule has 0 spiro atoms. The first-order chi connectivity index (χ1) is 10.8. The molecule has 2 aromatic rings. The Labute approximate surface area is 131 Å². The maximum atomic E-state index is 11.2. The Morgan fingerprint density at radius 2 is 1.91 bits per heavy atom. The normalized spacial score (nSPS) is 10.6. The van der Waals surface area contributed by atoms with Gasteiger partial charge in [-0.2, -0.15) is 5.10 Å². The van der Waals surface area contributed by atoms with E-state index in [4.69, 9.17) is 4.74 Å². The second-order valence-corrected chi connectivity index (χ2v) is 5.17. The summed E-state index contributed by atoms with van der Waals surface area (Å²) < 4.78 is 6.78. The SMILES string of the molecule is CCOC(=O)CCCCCCn1cnc(-c2ccccc2)n1. The molecular formula is C17H23N3O2. The summed E-state index contributed by atoms with van der Waals surface area (Å²) in [7, 11) is 0. The highest BCUT2D eigenvalue weighted by Crippen LogP contribution is 2.13. The number of benzene rings is 1. The van der Waals surface area contributed by atoms with Crippen molar-refractivity contribution in [3.63, 3.8) is 0 Å². The van der Waals surface area contributed by atoms with Crippen molar-refractivity contribution in [1.29, 1.82) is 0 Å². The lowest BCUT2D eigenvalue weighted by Crippen LogP contribution is -2.03. The minimum Gasteiger partial charge on any atom is -0.466 e. The lowest BCUT2D eigenvalue weighted by molar-refractivity contribution is -0.143. The predicted molar refractivity (Wildman–Crippen MR) is 85.2 cm³/mol. The highest BCUT2D eigenvalue weighted by Gasteiger charge is 2.04. The molecule has 0 atom stereocenters. The molecule has 0 aliphatic rings. The van der Waals surface area contributed by atoms with Crippen molar-refractivity contribution in [3.8, 4) is 11.4 Å². The standard InChI is InChI=1S/C17H23N3O2/c1-2-22-16(21)12-8-3-4-9-13-20-14-18-17(19-20)15-10-6-5-7-11-15/h5-7,10-11,14H,2-4,8-9,12-13H2,1H3. The van der Waals surface area contributed by atoms with Crippen molar-refractivity contribution in [2.24, 2.45) is 0 Å². The molecule has 0 amide bonds. The Bertz CT molecular complexity index is 566. The zero-order valence-corrected chi connectivity index (χ0v) is 13.1. The Balaban J connectivity index is 1.64. The first-order valence-electron chi connectivity index (χ1n) is 7.90. The summed E-state index contributed by atoms with van der Waals surface area (Å²) >= 11 is 0. The first kappa shape index (κ1) is 16.2. The summed E-state index contributed by atoms with van der Waals surface area (Å²) in [4.78, 5) is 15.5. The average molecular weight is 301 g/mol. The summed E-state index contributed by atoms with van der Waals surface area (Å²) in [5.41, 5.74) is 1.04. The van der Waals surface area contributed by atoms with Crippen LogP contribution in [0.4, 0.5) is 0 Å². The van der Waals surface area contributed by atoms with Crippen molar-refractivity contribution in [1.82, 2.24) is 14.8 Å². The number of hydrogen-bond donors (Lipinski definition) is 0. The van der Waals surface area contributed by atoms with Gasteiger partial charge in [0.15, 0.2) is 5.82 Å². The number of rotatable bonds is 9. The third-order valence-electron chi connectivity index (χ3n) is 3.39. The smallest absolute Gasteiger partial charge is 0.305 e. The maximum Gasteiger partial charge on any atom is 0.305 e. The van der Waals surface area contributed by atoms with Gasteiger partial charge in [0.05, 0.1) is 6.61 Å². The van der Waals surface area contributed by atoms with Gasteiger partial charge in [0, 0.05) is 18.5 Å². The quantitative estimate of drug-likeness (QED) is 0.526. The summed E-state index contributed by atoms with van der Waals surface area (Å²) in [6.45, 7) is 3.16. The van der Waals surface area contributed by atoms with Crippen molar-refractivity contribution in [2.75, 3.05) is 6.61 Å². The second kappa shape index (κ2) is 8.97. The van der Waals surface area contributed by atoms with Crippen LogP contribution in [0.25, 0.3) is 11.4 Å². The molecule has 2 rings (SSSR count). The molecule has 0 saturated carbocycles. The molecule has 0 radical (unpaired) electrons. The van der Waals surface area contributed by atoms with E-state index in [9.17, 15) is 4.79 Å². The fraction of sp³-hybridized carbons (Fsp3) is 0.471. The van der Waals surface area contributed by atoms with Gasteiger partial charge in [0.2, 0.25) is 0 Å². The Morgan fingerprint density at radius 1 is 1.14 bits per heavy atom. The predicted octanol–water partition coefficient (Wildman–Crippen LogP) is 3.46. The molecule has 0 fully saturated rings. The molecule has 118 valence electrons. The van der Waals surface area contributed by atoms with Crippen LogP contribution in [0.1, 0.15) is 39.0 Å². The first-order valence-corrected chi connectivity index (χ1v) is 7.90. The van der Waals surface area contributed by atoms with Crippen LogP contribution < -0.4 is 0 Å². The van der Waals surface area contributed by atoms with Crippen LogP contribution >= 0.6 is 0 Å². The molecule has 0 saturated heterocycles.